The summed E-state index contributed by atoms with van der Waals surface area (Å²) in [5.41, 5.74) is 2.48. The molecule has 1 fully saturated rings. The average Bonchev–Trinajstić information content (AvgIpc) is 3.47. The van der Waals surface area contributed by atoms with Crippen LogP contribution in [0.4, 0.5) is 0 Å². The van der Waals surface area contributed by atoms with E-state index in [2.05, 4.69) is 25.4 Å². The van der Waals surface area contributed by atoms with E-state index in [1.165, 1.54) is 0 Å². The molecule has 0 atom stereocenters. The van der Waals surface area contributed by atoms with Gasteiger partial charge in [0, 0.05) is 24.5 Å². The summed E-state index contributed by atoms with van der Waals surface area (Å²) in [6.07, 6.45) is 8.16. The van der Waals surface area contributed by atoms with E-state index in [4.69, 9.17) is 0 Å². The SMILES string of the molecule is CC(C)n1cncc(-c2ccc(C3(NC(=O)c4ncc5cnn(C(C)C)c5n4)CC3)cc2)c1=O. The van der Waals surface area contributed by atoms with E-state index in [0.717, 1.165) is 29.4 Å². The normalized spacial score (nSPS) is 14.6. The van der Waals surface area contributed by atoms with E-state index in [0.29, 0.717) is 11.2 Å². The van der Waals surface area contributed by atoms with Gasteiger partial charge in [-0.25, -0.2) is 19.6 Å². The largest absolute Gasteiger partial charge is 0.340 e. The summed E-state index contributed by atoms with van der Waals surface area (Å²) >= 11 is 0. The second kappa shape index (κ2) is 8.16. The van der Waals surface area contributed by atoms with Crippen LogP contribution in [-0.2, 0) is 5.54 Å². The van der Waals surface area contributed by atoms with E-state index in [1.54, 1.807) is 34.2 Å². The topological polar surface area (TPSA) is 108 Å². The Morgan fingerprint density at radius 3 is 2.41 bits per heavy atom. The van der Waals surface area contributed by atoms with Crippen molar-refractivity contribution in [1.29, 1.82) is 0 Å². The summed E-state index contributed by atoms with van der Waals surface area (Å²) in [6, 6.07) is 7.91. The van der Waals surface area contributed by atoms with Crippen molar-refractivity contribution in [2.45, 2.75) is 58.2 Å². The minimum Gasteiger partial charge on any atom is -0.340 e. The van der Waals surface area contributed by atoms with Crippen LogP contribution in [0.5, 0.6) is 0 Å². The molecule has 5 rings (SSSR count). The molecule has 1 N–H and O–H groups in total. The fraction of sp³-hybridized carbons (Fsp3) is 0.360. The molecule has 1 saturated carbocycles. The Labute approximate surface area is 196 Å². The Balaban J connectivity index is 1.39. The van der Waals surface area contributed by atoms with E-state index < -0.39 is 5.54 Å². The van der Waals surface area contributed by atoms with Gasteiger partial charge in [-0.1, -0.05) is 24.3 Å². The van der Waals surface area contributed by atoms with Gasteiger partial charge in [-0.2, -0.15) is 5.10 Å². The van der Waals surface area contributed by atoms with Gasteiger partial charge in [0.1, 0.15) is 0 Å². The van der Waals surface area contributed by atoms with Crippen LogP contribution < -0.4 is 10.9 Å². The van der Waals surface area contributed by atoms with Gasteiger partial charge in [-0.05, 0) is 51.7 Å². The number of fused-ring (bicyclic) bond motifs is 1. The number of carbonyl (C=O) groups is 1. The molecule has 4 aromatic rings. The van der Waals surface area contributed by atoms with Crippen molar-refractivity contribution in [3.05, 3.63) is 70.9 Å². The molecule has 34 heavy (non-hydrogen) atoms. The second-order valence-electron chi connectivity index (χ2n) is 9.38. The molecule has 1 amide bonds. The highest BCUT2D eigenvalue weighted by molar-refractivity contribution is 5.93. The fourth-order valence-electron chi connectivity index (χ4n) is 4.17. The van der Waals surface area contributed by atoms with E-state index >= 15 is 0 Å². The smallest absolute Gasteiger partial charge is 0.289 e. The minimum absolute atomic E-state index is 0.0322. The number of rotatable bonds is 6. The van der Waals surface area contributed by atoms with Gasteiger partial charge in [0.15, 0.2) is 5.65 Å². The molecule has 3 heterocycles. The minimum atomic E-state index is -0.445. The molecule has 0 saturated heterocycles. The molecule has 3 aromatic heterocycles. The Kier molecular flexibility index (Phi) is 5.27. The average molecular weight is 458 g/mol. The highest BCUT2D eigenvalue weighted by atomic mass is 16.2. The molecule has 0 radical (unpaired) electrons. The molecular formula is C25H27N7O2. The maximum atomic E-state index is 13.0. The molecule has 174 valence electrons. The molecule has 1 aliphatic rings. The van der Waals surface area contributed by atoms with Crippen molar-refractivity contribution >= 4 is 16.9 Å². The number of nitrogens with zero attached hydrogens (tertiary/aromatic N) is 6. The summed E-state index contributed by atoms with van der Waals surface area (Å²) < 4.78 is 3.40. The van der Waals surface area contributed by atoms with Crippen molar-refractivity contribution in [3.8, 4) is 11.1 Å². The van der Waals surface area contributed by atoms with E-state index in [-0.39, 0.29) is 29.4 Å². The zero-order valence-electron chi connectivity index (χ0n) is 19.7. The fourth-order valence-corrected chi connectivity index (χ4v) is 4.17. The van der Waals surface area contributed by atoms with Crippen LogP contribution in [0.25, 0.3) is 22.2 Å². The van der Waals surface area contributed by atoms with Crippen LogP contribution in [0.1, 0.15) is 68.8 Å². The van der Waals surface area contributed by atoms with Crippen LogP contribution in [0.2, 0.25) is 0 Å². The zero-order valence-corrected chi connectivity index (χ0v) is 19.7. The maximum absolute atomic E-state index is 13.0. The van der Waals surface area contributed by atoms with Gasteiger partial charge < -0.3 is 5.32 Å². The van der Waals surface area contributed by atoms with Gasteiger partial charge in [0.05, 0.1) is 29.0 Å². The van der Waals surface area contributed by atoms with Crippen LogP contribution in [-0.4, -0.2) is 35.2 Å². The van der Waals surface area contributed by atoms with Crippen LogP contribution in [0.3, 0.4) is 0 Å². The molecule has 0 spiro atoms. The number of nitrogens with one attached hydrogen (secondary N) is 1. The molecule has 0 unspecified atom stereocenters. The third kappa shape index (κ3) is 3.76. The number of carbonyl (C=O) groups excluding carboxylic acids is 1. The number of aromatic nitrogens is 6. The summed E-state index contributed by atoms with van der Waals surface area (Å²) in [4.78, 5) is 38.8. The number of hydrogen-bond donors (Lipinski definition) is 1. The lowest BCUT2D eigenvalue weighted by atomic mass is 10.0. The molecule has 9 nitrogen and oxygen atoms in total. The quantitative estimate of drug-likeness (QED) is 0.474. The van der Waals surface area contributed by atoms with Gasteiger partial charge >= 0.3 is 0 Å². The third-order valence-corrected chi connectivity index (χ3v) is 6.29. The van der Waals surface area contributed by atoms with E-state index in [1.807, 2.05) is 52.0 Å². The monoisotopic (exact) mass is 457 g/mol. The lowest BCUT2D eigenvalue weighted by Crippen LogP contribution is -2.36. The Morgan fingerprint density at radius 1 is 1.03 bits per heavy atom. The molecule has 1 aliphatic carbocycles. The van der Waals surface area contributed by atoms with Gasteiger partial charge in [-0.15, -0.1) is 0 Å². The third-order valence-electron chi connectivity index (χ3n) is 6.29. The predicted octanol–water partition coefficient (Wildman–Crippen LogP) is 3.63. The lowest BCUT2D eigenvalue weighted by Gasteiger charge is -2.18. The molecule has 9 heteroatoms. The van der Waals surface area contributed by atoms with Gasteiger partial charge in [0.25, 0.3) is 11.5 Å². The van der Waals surface area contributed by atoms with Crippen molar-refractivity contribution in [1.82, 2.24) is 34.6 Å². The molecule has 0 bridgehead atoms. The van der Waals surface area contributed by atoms with Crippen molar-refractivity contribution in [2.75, 3.05) is 0 Å². The lowest BCUT2D eigenvalue weighted by molar-refractivity contribution is 0.0920. The van der Waals surface area contributed by atoms with Crippen LogP contribution in [0.15, 0.2) is 54.0 Å². The first-order valence-corrected chi connectivity index (χ1v) is 11.5. The first kappa shape index (κ1) is 21.9. The Morgan fingerprint density at radius 2 is 1.76 bits per heavy atom. The summed E-state index contributed by atoms with van der Waals surface area (Å²) in [5, 5.41) is 8.27. The second-order valence-corrected chi connectivity index (χ2v) is 9.38. The Bertz CT molecular complexity index is 1430. The molecule has 0 aliphatic heterocycles. The number of amides is 1. The molecule has 1 aromatic carbocycles. The van der Waals surface area contributed by atoms with Crippen LogP contribution >= 0.6 is 0 Å². The maximum Gasteiger partial charge on any atom is 0.289 e. The Hall–Kier alpha value is -3.88. The highest BCUT2D eigenvalue weighted by Crippen LogP contribution is 2.46. The van der Waals surface area contributed by atoms with Crippen molar-refractivity contribution < 1.29 is 4.79 Å². The van der Waals surface area contributed by atoms with Gasteiger partial charge in [0.2, 0.25) is 5.82 Å². The van der Waals surface area contributed by atoms with E-state index in [9.17, 15) is 9.59 Å². The first-order valence-electron chi connectivity index (χ1n) is 11.5. The van der Waals surface area contributed by atoms with Crippen LogP contribution in [0, 0.1) is 0 Å². The first-order chi connectivity index (χ1) is 16.3. The van der Waals surface area contributed by atoms with Crippen molar-refractivity contribution in [3.63, 3.8) is 0 Å². The standard InChI is InChI=1S/C25H27N7O2/c1-15(2)31-14-26-13-20(24(31)34)17-5-7-19(8-6-17)25(9-10-25)30-23(33)21-27-11-18-12-28-32(16(3)4)22(18)29-21/h5-8,11-16H,9-10H2,1-4H3,(H,30,33). The van der Waals surface area contributed by atoms with Crippen molar-refractivity contribution in [2.24, 2.45) is 0 Å². The summed E-state index contributed by atoms with van der Waals surface area (Å²) in [7, 11) is 0. The molecular weight excluding hydrogens is 430 g/mol. The number of hydrogen-bond acceptors (Lipinski definition) is 6. The van der Waals surface area contributed by atoms with Gasteiger partial charge in [-0.3, -0.25) is 14.2 Å². The highest BCUT2D eigenvalue weighted by Gasteiger charge is 2.46. The summed E-state index contributed by atoms with van der Waals surface area (Å²) in [5.74, 6) is -0.186. The zero-order chi connectivity index (χ0) is 24.0. The summed E-state index contributed by atoms with van der Waals surface area (Å²) in [6.45, 7) is 7.93. The predicted molar refractivity (Wildman–Crippen MR) is 128 cm³/mol. The number of benzene rings is 1.